The van der Waals surface area contributed by atoms with Gasteiger partial charge in [-0.3, -0.25) is 4.79 Å². The first kappa shape index (κ1) is 15.9. The van der Waals surface area contributed by atoms with Gasteiger partial charge in [0.2, 0.25) is 5.95 Å². The van der Waals surface area contributed by atoms with Crippen molar-refractivity contribution < 1.29 is 4.79 Å². The van der Waals surface area contributed by atoms with Crippen LogP contribution in [0.15, 0.2) is 34.8 Å². The maximum Gasteiger partial charge on any atom is 0.274 e. The number of amides is 1. The molecule has 2 aromatic rings. The third-order valence-electron chi connectivity index (χ3n) is 3.88. The molecule has 1 aliphatic rings. The van der Waals surface area contributed by atoms with Gasteiger partial charge in [0.25, 0.3) is 5.91 Å². The first-order valence-corrected chi connectivity index (χ1v) is 8.58. The molecule has 0 spiro atoms. The van der Waals surface area contributed by atoms with E-state index in [-0.39, 0.29) is 5.91 Å². The molecule has 1 amide bonds. The van der Waals surface area contributed by atoms with Crippen molar-refractivity contribution in [2.45, 2.75) is 38.6 Å². The summed E-state index contributed by atoms with van der Waals surface area (Å²) in [6.45, 7) is 1.87. The zero-order valence-electron chi connectivity index (χ0n) is 13.0. The minimum atomic E-state index is -0.229. The van der Waals surface area contributed by atoms with E-state index in [1.54, 1.807) is 6.07 Å². The minimum absolute atomic E-state index is 0.229. The number of hydrogen-bond donors (Lipinski definition) is 2. The van der Waals surface area contributed by atoms with E-state index in [0.29, 0.717) is 17.7 Å². The van der Waals surface area contributed by atoms with Crippen LogP contribution in [0.1, 0.15) is 41.9 Å². The number of aryl methyl sites for hydroxylation is 1. The molecule has 23 heavy (non-hydrogen) atoms. The lowest BCUT2D eigenvalue weighted by Gasteiger charge is -2.13. The van der Waals surface area contributed by atoms with Gasteiger partial charge in [-0.25, -0.2) is 9.97 Å². The number of benzene rings is 1. The SMILES string of the molecule is Cc1cc(C(=O)Nc2ccc(Br)cc2)nc(NC2CCCC2)n1. The number of aromatic nitrogens is 2. The standard InChI is InChI=1S/C17H19BrN4O/c1-11-10-15(16(23)20-14-8-6-12(18)7-9-14)22-17(19-11)21-13-4-2-3-5-13/h6-10,13H,2-5H2,1H3,(H,20,23)(H,19,21,22). The van der Waals surface area contributed by atoms with Gasteiger partial charge in [-0.1, -0.05) is 28.8 Å². The van der Waals surface area contributed by atoms with E-state index < -0.39 is 0 Å². The van der Waals surface area contributed by atoms with Gasteiger partial charge in [0.15, 0.2) is 0 Å². The van der Waals surface area contributed by atoms with Crippen molar-refractivity contribution in [3.8, 4) is 0 Å². The average molecular weight is 375 g/mol. The summed E-state index contributed by atoms with van der Waals surface area (Å²) in [5, 5.41) is 6.20. The Hall–Kier alpha value is -1.95. The molecule has 0 radical (unpaired) electrons. The van der Waals surface area contributed by atoms with Gasteiger partial charge in [-0.15, -0.1) is 0 Å². The highest BCUT2D eigenvalue weighted by molar-refractivity contribution is 9.10. The fourth-order valence-corrected chi connectivity index (χ4v) is 2.99. The van der Waals surface area contributed by atoms with E-state index in [1.807, 2.05) is 31.2 Å². The van der Waals surface area contributed by atoms with Gasteiger partial charge in [0, 0.05) is 21.9 Å². The Labute approximate surface area is 144 Å². The summed E-state index contributed by atoms with van der Waals surface area (Å²) in [7, 11) is 0. The van der Waals surface area contributed by atoms with E-state index in [1.165, 1.54) is 12.8 Å². The third kappa shape index (κ3) is 4.28. The van der Waals surface area contributed by atoms with Crippen molar-refractivity contribution in [1.29, 1.82) is 0 Å². The molecule has 1 fully saturated rings. The number of nitrogens with one attached hydrogen (secondary N) is 2. The van der Waals surface area contributed by atoms with Gasteiger partial charge < -0.3 is 10.6 Å². The lowest BCUT2D eigenvalue weighted by atomic mass is 10.2. The Kier molecular flexibility index (Phi) is 4.91. The largest absolute Gasteiger partial charge is 0.351 e. The Morgan fingerprint density at radius 3 is 2.57 bits per heavy atom. The van der Waals surface area contributed by atoms with Crippen molar-refractivity contribution in [1.82, 2.24) is 9.97 Å². The predicted octanol–water partition coefficient (Wildman–Crippen LogP) is 4.15. The molecule has 1 aliphatic carbocycles. The van der Waals surface area contributed by atoms with Crippen molar-refractivity contribution in [3.05, 3.63) is 46.2 Å². The summed E-state index contributed by atoms with van der Waals surface area (Å²) >= 11 is 3.38. The van der Waals surface area contributed by atoms with E-state index in [9.17, 15) is 4.79 Å². The van der Waals surface area contributed by atoms with Crippen molar-refractivity contribution in [2.24, 2.45) is 0 Å². The summed E-state index contributed by atoms with van der Waals surface area (Å²) in [6, 6.07) is 9.57. The van der Waals surface area contributed by atoms with Gasteiger partial charge >= 0.3 is 0 Å². The van der Waals surface area contributed by atoms with Crippen LogP contribution in [-0.4, -0.2) is 21.9 Å². The third-order valence-corrected chi connectivity index (χ3v) is 4.41. The molecule has 0 atom stereocenters. The second-order valence-corrected chi connectivity index (χ2v) is 6.72. The molecular formula is C17H19BrN4O. The Morgan fingerprint density at radius 1 is 1.17 bits per heavy atom. The van der Waals surface area contributed by atoms with Crippen LogP contribution in [0.3, 0.4) is 0 Å². The molecule has 0 saturated heterocycles. The highest BCUT2D eigenvalue weighted by Crippen LogP contribution is 2.21. The van der Waals surface area contributed by atoms with Gasteiger partial charge in [-0.2, -0.15) is 0 Å². The topological polar surface area (TPSA) is 66.9 Å². The van der Waals surface area contributed by atoms with E-state index in [0.717, 1.165) is 28.7 Å². The van der Waals surface area contributed by atoms with Crippen LogP contribution in [0.2, 0.25) is 0 Å². The lowest BCUT2D eigenvalue weighted by molar-refractivity contribution is 0.102. The van der Waals surface area contributed by atoms with Crippen LogP contribution in [0.5, 0.6) is 0 Å². The minimum Gasteiger partial charge on any atom is -0.351 e. The lowest BCUT2D eigenvalue weighted by Crippen LogP contribution is -2.20. The monoisotopic (exact) mass is 374 g/mol. The van der Waals surface area contributed by atoms with Crippen molar-refractivity contribution in [2.75, 3.05) is 10.6 Å². The smallest absolute Gasteiger partial charge is 0.274 e. The quantitative estimate of drug-likeness (QED) is 0.843. The van der Waals surface area contributed by atoms with Crippen LogP contribution in [0, 0.1) is 6.92 Å². The fraction of sp³-hybridized carbons (Fsp3) is 0.353. The van der Waals surface area contributed by atoms with Crippen LogP contribution in [0.25, 0.3) is 0 Å². The van der Waals surface area contributed by atoms with E-state index in [2.05, 4.69) is 36.5 Å². The Balaban J connectivity index is 1.74. The summed E-state index contributed by atoms with van der Waals surface area (Å²) in [4.78, 5) is 21.2. The van der Waals surface area contributed by atoms with Gasteiger partial charge in [0.05, 0.1) is 0 Å². The zero-order chi connectivity index (χ0) is 16.2. The summed E-state index contributed by atoms with van der Waals surface area (Å²) < 4.78 is 0.969. The molecule has 0 aliphatic heterocycles. The van der Waals surface area contributed by atoms with Gasteiger partial charge in [0.1, 0.15) is 5.69 Å². The number of nitrogens with zero attached hydrogens (tertiary/aromatic N) is 2. The fourth-order valence-electron chi connectivity index (χ4n) is 2.73. The molecule has 0 unspecified atom stereocenters. The van der Waals surface area contributed by atoms with Crippen molar-refractivity contribution >= 4 is 33.5 Å². The Bertz CT molecular complexity index is 696. The number of rotatable bonds is 4. The molecule has 3 rings (SSSR count). The van der Waals surface area contributed by atoms with Crippen LogP contribution < -0.4 is 10.6 Å². The zero-order valence-corrected chi connectivity index (χ0v) is 14.6. The molecule has 1 heterocycles. The second kappa shape index (κ2) is 7.08. The molecule has 1 aromatic heterocycles. The molecule has 1 aromatic carbocycles. The molecule has 120 valence electrons. The normalized spacial score (nSPS) is 14.7. The number of carbonyl (C=O) groups is 1. The maximum atomic E-state index is 12.4. The highest BCUT2D eigenvalue weighted by atomic mass is 79.9. The first-order valence-electron chi connectivity index (χ1n) is 7.79. The average Bonchev–Trinajstić information content (AvgIpc) is 3.02. The number of anilines is 2. The highest BCUT2D eigenvalue weighted by Gasteiger charge is 2.17. The predicted molar refractivity (Wildman–Crippen MR) is 94.7 cm³/mol. The second-order valence-electron chi connectivity index (χ2n) is 5.80. The number of carbonyl (C=O) groups excluding carboxylic acids is 1. The number of hydrogen-bond acceptors (Lipinski definition) is 4. The molecule has 0 bridgehead atoms. The number of halogens is 1. The summed E-state index contributed by atoms with van der Waals surface area (Å²) in [6.07, 6.45) is 4.75. The van der Waals surface area contributed by atoms with Crippen molar-refractivity contribution in [3.63, 3.8) is 0 Å². The van der Waals surface area contributed by atoms with Gasteiger partial charge in [-0.05, 0) is 50.1 Å². The molecule has 5 nitrogen and oxygen atoms in total. The van der Waals surface area contributed by atoms with Crippen LogP contribution in [-0.2, 0) is 0 Å². The van der Waals surface area contributed by atoms with Crippen LogP contribution >= 0.6 is 15.9 Å². The molecule has 2 N–H and O–H groups in total. The van der Waals surface area contributed by atoms with E-state index >= 15 is 0 Å². The maximum absolute atomic E-state index is 12.4. The summed E-state index contributed by atoms with van der Waals surface area (Å²) in [5.74, 6) is 0.310. The molecule has 6 heteroatoms. The Morgan fingerprint density at radius 2 is 1.87 bits per heavy atom. The first-order chi connectivity index (χ1) is 11.1. The summed E-state index contributed by atoms with van der Waals surface area (Å²) in [5.41, 5.74) is 1.89. The van der Waals surface area contributed by atoms with Crippen LogP contribution in [0.4, 0.5) is 11.6 Å². The molecule has 1 saturated carbocycles. The molecular weight excluding hydrogens is 356 g/mol. The van der Waals surface area contributed by atoms with E-state index in [4.69, 9.17) is 0 Å².